The van der Waals surface area contributed by atoms with Crippen molar-refractivity contribution in [2.45, 2.75) is 19.6 Å². The number of carbonyl (C=O) groups excluding carboxylic acids is 1. The number of amides is 1. The van der Waals surface area contributed by atoms with Crippen LogP contribution >= 0.6 is 11.6 Å². The van der Waals surface area contributed by atoms with Crippen molar-refractivity contribution in [3.8, 4) is 5.75 Å². The molecule has 0 spiro atoms. The van der Waals surface area contributed by atoms with Crippen LogP contribution in [0.4, 0.5) is 0 Å². The second-order valence-electron chi connectivity index (χ2n) is 5.05. The molecule has 1 atom stereocenters. The van der Waals surface area contributed by atoms with Crippen molar-refractivity contribution >= 4 is 17.5 Å². The SMILES string of the molecule is C[C@H](Oc1cccc(Cl)c1)C(=O)NCCOCc1ccccc1. The van der Waals surface area contributed by atoms with Crippen LogP contribution in [0.15, 0.2) is 54.6 Å². The molecular weight excluding hydrogens is 314 g/mol. The number of nitrogens with one attached hydrogen (secondary N) is 1. The molecule has 4 nitrogen and oxygen atoms in total. The van der Waals surface area contributed by atoms with E-state index < -0.39 is 6.10 Å². The number of rotatable bonds is 8. The molecule has 0 saturated carbocycles. The van der Waals surface area contributed by atoms with Crippen LogP contribution in [0.1, 0.15) is 12.5 Å². The van der Waals surface area contributed by atoms with Gasteiger partial charge in [0.1, 0.15) is 5.75 Å². The lowest BCUT2D eigenvalue weighted by molar-refractivity contribution is -0.127. The molecule has 2 aromatic rings. The summed E-state index contributed by atoms with van der Waals surface area (Å²) in [4.78, 5) is 11.9. The fraction of sp³-hybridized carbons (Fsp3) is 0.278. The van der Waals surface area contributed by atoms with Gasteiger partial charge < -0.3 is 14.8 Å². The van der Waals surface area contributed by atoms with Crippen LogP contribution in [0.2, 0.25) is 5.02 Å². The van der Waals surface area contributed by atoms with Gasteiger partial charge in [-0.3, -0.25) is 4.79 Å². The van der Waals surface area contributed by atoms with Gasteiger partial charge in [0.25, 0.3) is 5.91 Å². The lowest BCUT2D eigenvalue weighted by Crippen LogP contribution is -2.38. The van der Waals surface area contributed by atoms with Crippen molar-refractivity contribution in [1.82, 2.24) is 5.32 Å². The van der Waals surface area contributed by atoms with E-state index in [1.165, 1.54) is 0 Å². The van der Waals surface area contributed by atoms with Gasteiger partial charge in [-0.1, -0.05) is 48.0 Å². The van der Waals surface area contributed by atoms with Crippen LogP contribution in [-0.4, -0.2) is 25.2 Å². The van der Waals surface area contributed by atoms with E-state index in [1.54, 1.807) is 31.2 Å². The summed E-state index contributed by atoms with van der Waals surface area (Å²) in [5.74, 6) is 0.383. The maximum Gasteiger partial charge on any atom is 0.260 e. The van der Waals surface area contributed by atoms with E-state index in [0.29, 0.717) is 30.5 Å². The van der Waals surface area contributed by atoms with Crippen LogP contribution in [0.25, 0.3) is 0 Å². The number of halogens is 1. The highest BCUT2D eigenvalue weighted by atomic mass is 35.5. The number of benzene rings is 2. The normalized spacial score (nSPS) is 11.7. The van der Waals surface area contributed by atoms with Gasteiger partial charge in [0.15, 0.2) is 6.10 Å². The van der Waals surface area contributed by atoms with Crippen LogP contribution in [0.3, 0.4) is 0 Å². The third kappa shape index (κ3) is 6.30. The highest BCUT2D eigenvalue weighted by Gasteiger charge is 2.14. The smallest absolute Gasteiger partial charge is 0.260 e. The van der Waals surface area contributed by atoms with E-state index in [1.807, 2.05) is 30.3 Å². The minimum Gasteiger partial charge on any atom is -0.481 e. The maximum absolute atomic E-state index is 11.9. The first-order valence-corrected chi connectivity index (χ1v) is 7.84. The van der Waals surface area contributed by atoms with Crippen molar-refractivity contribution in [3.63, 3.8) is 0 Å². The van der Waals surface area contributed by atoms with Crippen molar-refractivity contribution in [2.24, 2.45) is 0 Å². The van der Waals surface area contributed by atoms with Gasteiger partial charge in [0.05, 0.1) is 13.2 Å². The molecule has 0 unspecified atom stereocenters. The predicted octanol–water partition coefficient (Wildman–Crippen LogP) is 3.44. The van der Waals surface area contributed by atoms with Gasteiger partial charge >= 0.3 is 0 Å². The predicted molar refractivity (Wildman–Crippen MR) is 90.6 cm³/mol. The molecule has 0 heterocycles. The molecule has 0 aliphatic carbocycles. The Morgan fingerprint density at radius 2 is 1.96 bits per heavy atom. The minimum atomic E-state index is -0.595. The van der Waals surface area contributed by atoms with Gasteiger partial charge in [0, 0.05) is 11.6 Å². The topological polar surface area (TPSA) is 47.6 Å². The van der Waals surface area contributed by atoms with E-state index in [9.17, 15) is 4.79 Å². The number of hydrogen-bond acceptors (Lipinski definition) is 3. The van der Waals surface area contributed by atoms with Gasteiger partial charge in [-0.15, -0.1) is 0 Å². The molecule has 0 radical (unpaired) electrons. The fourth-order valence-corrected chi connectivity index (χ4v) is 2.13. The Hall–Kier alpha value is -2.04. The third-order valence-corrected chi connectivity index (χ3v) is 3.37. The Kier molecular flexibility index (Phi) is 6.91. The van der Waals surface area contributed by atoms with Gasteiger partial charge in [-0.2, -0.15) is 0 Å². The average Bonchev–Trinajstić information content (AvgIpc) is 2.55. The standard InChI is InChI=1S/C18H20ClNO3/c1-14(23-17-9-5-8-16(19)12-17)18(21)20-10-11-22-13-15-6-3-2-4-7-15/h2-9,12,14H,10-11,13H2,1H3,(H,20,21)/t14-/m0/s1. The largest absolute Gasteiger partial charge is 0.481 e. The van der Waals surface area contributed by atoms with E-state index in [4.69, 9.17) is 21.1 Å². The van der Waals surface area contributed by atoms with Crippen LogP contribution in [0, 0.1) is 0 Å². The summed E-state index contributed by atoms with van der Waals surface area (Å²) in [6.07, 6.45) is -0.595. The molecule has 0 aromatic heterocycles. The fourth-order valence-electron chi connectivity index (χ4n) is 1.95. The molecule has 5 heteroatoms. The van der Waals surface area contributed by atoms with E-state index in [2.05, 4.69) is 5.32 Å². The van der Waals surface area contributed by atoms with E-state index in [0.717, 1.165) is 5.56 Å². The van der Waals surface area contributed by atoms with E-state index >= 15 is 0 Å². The summed E-state index contributed by atoms with van der Waals surface area (Å²) in [5, 5.41) is 3.36. The molecule has 0 aliphatic heterocycles. The van der Waals surface area contributed by atoms with Crippen molar-refractivity contribution in [2.75, 3.05) is 13.2 Å². The number of ether oxygens (including phenoxy) is 2. The molecule has 2 rings (SSSR count). The zero-order valence-corrected chi connectivity index (χ0v) is 13.8. The van der Waals surface area contributed by atoms with Crippen LogP contribution in [-0.2, 0) is 16.1 Å². The Morgan fingerprint density at radius 1 is 1.17 bits per heavy atom. The summed E-state index contributed by atoms with van der Waals surface area (Å²) in [6.45, 7) is 3.12. The van der Waals surface area contributed by atoms with Crippen LogP contribution < -0.4 is 10.1 Å². The molecule has 1 amide bonds. The second-order valence-corrected chi connectivity index (χ2v) is 5.48. The van der Waals surface area contributed by atoms with Gasteiger partial charge in [0.2, 0.25) is 0 Å². The molecule has 0 aliphatic rings. The molecular formula is C18H20ClNO3. The highest BCUT2D eigenvalue weighted by Crippen LogP contribution is 2.18. The molecule has 122 valence electrons. The summed E-state index contributed by atoms with van der Waals surface area (Å²) in [6, 6.07) is 16.9. The van der Waals surface area contributed by atoms with E-state index in [-0.39, 0.29) is 5.91 Å². The van der Waals surface area contributed by atoms with Crippen molar-refractivity contribution < 1.29 is 14.3 Å². The van der Waals surface area contributed by atoms with Crippen LogP contribution in [0.5, 0.6) is 5.75 Å². The summed E-state index contributed by atoms with van der Waals surface area (Å²) >= 11 is 5.88. The number of hydrogen-bond donors (Lipinski definition) is 1. The summed E-state index contributed by atoms with van der Waals surface area (Å²) in [7, 11) is 0. The molecule has 0 fully saturated rings. The molecule has 0 bridgehead atoms. The first-order valence-electron chi connectivity index (χ1n) is 7.47. The Morgan fingerprint density at radius 3 is 2.70 bits per heavy atom. The first-order chi connectivity index (χ1) is 11.1. The maximum atomic E-state index is 11.9. The summed E-state index contributed by atoms with van der Waals surface area (Å²) < 4.78 is 11.1. The number of carbonyl (C=O) groups is 1. The molecule has 1 N–H and O–H groups in total. The Balaban J connectivity index is 1.64. The second kappa shape index (κ2) is 9.18. The van der Waals surface area contributed by atoms with Gasteiger partial charge in [-0.05, 0) is 30.7 Å². The third-order valence-electron chi connectivity index (χ3n) is 3.14. The van der Waals surface area contributed by atoms with Crippen molar-refractivity contribution in [1.29, 1.82) is 0 Å². The minimum absolute atomic E-state index is 0.187. The monoisotopic (exact) mass is 333 g/mol. The quantitative estimate of drug-likeness (QED) is 0.753. The lowest BCUT2D eigenvalue weighted by atomic mass is 10.2. The highest BCUT2D eigenvalue weighted by molar-refractivity contribution is 6.30. The molecule has 23 heavy (non-hydrogen) atoms. The molecule has 2 aromatic carbocycles. The lowest BCUT2D eigenvalue weighted by Gasteiger charge is -2.15. The summed E-state index contributed by atoms with van der Waals surface area (Å²) in [5.41, 5.74) is 1.11. The van der Waals surface area contributed by atoms with Gasteiger partial charge in [-0.25, -0.2) is 0 Å². The Labute approximate surface area is 141 Å². The molecule has 0 saturated heterocycles. The van der Waals surface area contributed by atoms with Crippen molar-refractivity contribution in [3.05, 3.63) is 65.2 Å². The first kappa shape index (κ1) is 17.3. The zero-order valence-electron chi connectivity index (χ0n) is 13.0. The zero-order chi connectivity index (χ0) is 16.5. The average molecular weight is 334 g/mol. The Bertz CT molecular complexity index is 619.